The second-order valence-electron chi connectivity index (χ2n) is 10.9. The molecular formula is C30H37N7O. The molecule has 4 heterocycles. The molecule has 2 aliphatic rings. The predicted molar refractivity (Wildman–Crippen MR) is 151 cm³/mol. The van der Waals surface area contributed by atoms with Gasteiger partial charge in [0.1, 0.15) is 5.82 Å². The number of amides is 1. The molecule has 0 radical (unpaired) electrons. The van der Waals surface area contributed by atoms with E-state index in [9.17, 15) is 4.79 Å². The predicted octanol–water partition coefficient (Wildman–Crippen LogP) is 5.05. The number of H-pyrrole nitrogens is 1. The van der Waals surface area contributed by atoms with Gasteiger partial charge >= 0.3 is 0 Å². The maximum absolute atomic E-state index is 12.9. The quantitative estimate of drug-likeness (QED) is 0.308. The topological polar surface area (TPSA) is 90.9 Å². The summed E-state index contributed by atoms with van der Waals surface area (Å²) in [4.78, 5) is 23.6. The Morgan fingerprint density at radius 3 is 2.71 bits per heavy atom. The SMILES string of the molecule is C[C@H]1CCCN1Cc1nc2ccc(NC(=O)c3ccc(-c4cnn(CCC5CCNCC5)c4)cc3)cc2[nH]1. The van der Waals surface area contributed by atoms with E-state index in [-0.39, 0.29) is 5.91 Å². The number of carbonyl (C=O) groups excluding carboxylic acids is 1. The number of aryl methyl sites for hydroxylation is 1. The molecule has 6 rings (SSSR count). The molecule has 2 aromatic heterocycles. The third-order valence-corrected chi connectivity index (χ3v) is 8.17. The summed E-state index contributed by atoms with van der Waals surface area (Å²) in [6.45, 7) is 7.45. The molecule has 198 valence electrons. The number of rotatable bonds is 8. The van der Waals surface area contributed by atoms with Crippen LogP contribution in [0.2, 0.25) is 0 Å². The van der Waals surface area contributed by atoms with Gasteiger partial charge in [0.2, 0.25) is 0 Å². The van der Waals surface area contributed by atoms with E-state index in [0.29, 0.717) is 11.6 Å². The van der Waals surface area contributed by atoms with Gasteiger partial charge in [-0.2, -0.15) is 5.10 Å². The van der Waals surface area contributed by atoms with Crippen LogP contribution in [-0.4, -0.2) is 56.2 Å². The molecule has 0 saturated carbocycles. The zero-order valence-corrected chi connectivity index (χ0v) is 22.1. The summed E-state index contributed by atoms with van der Waals surface area (Å²) in [6.07, 6.45) is 10.2. The lowest BCUT2D eigenvalue weighted by Gasteiger charge is -2.22. The first kappa shape index (κ1) is 24.8. The zero-order chi connectivity index (χ0) is 25.9. The summed E-state index contributed by atoms with van der Waals surface area (Å²) >= 11 is 0. The summed E-state index contributed by atoms with van der Waals surface area (Å²) in [5.74, 6) is 1.64. The van der Waals surface area contributed by atoms with Gasteiger partial charge in [0, 0.05) is 35.6 Å². The van der Waals surface area contributed by atoms with Gasteiger partial charge in [0.15, 0.2) is 0 Å². The fourth-order valence-corrected chi connectivity index (χ4v) is 5.77. The Morgan fingerprint density at radius 2 is 1.92 bits per heavy atom. The van der Waals surface area contributed by atoms with E-state index in [2.05, 4.69) is 38.7 Å². The fourth-order valence-electron chi connectivity index (χ4n) is 5.77. The molecule has 1 amide bonds. The van der Waals surface area contributed by atoms with Gasteiger partial charge in [-0.05, 0) is 100 Å². The van der Waals surface area contributed by atoms with Gasteiger partial charge in [-0.3, -0.25) is 14.4 Å². The van der Waals surface area contributed by atoms with Crippen molar-refractivity contribution in [1.29, 1.82) is 0 Å². The number of fused-ring (bicyclic) bond motifs is 1. The number of aromatic amines is 1. The summed E-state index contributed by atoms with van der Waals surface area (Å²) in [6, 6.07) is 14.2. The second kappa shape index (κ2) is 11.1. The number of nitrogens with one attached hydrogen (secondary N) is 3. The highest BCUT2D eigenvalue weighted by Crippen LogP contribution is 2.24. The van der Waals surface area contributed by atoms with Gasteiger partial charge in [0.25, 0.3) is 5.91 Å². The average molecular weight is 512 g/mol. The first-order valence-corrected chi connectivity index (χ1v) is 14.0. The molecule has 8 heteroatoms. The van der Waals surface area contributed by atoms with Gasteiger partial charge < -0.3 is 15.6 Å². The van der Waals surface area contributed by atoms with Crippen LogP contribution in [0.5, 0.6) is 0 Å². The standard InChI is InChI=1S/C30H37N7O/c1-21-3-2-15-36(21)20-29-34-27-9-8-26(17-28(27)35-29)33-30(38)24-6-4-23(5-7-24)25-18-32-37(19-25)16-12-22-10-13-31-14-11-22/h4-9,17-19,21-22,31H,2-3,10-16,20H2,1H3,(H,33,38)(H,34,35)/t21-/m0/s1. The van der Waals surface area contributed by atoms with Crippen LogP contribution in [0.4, 0.5) is 5.69 Å². The molecule has 2 fully saturated rings. The molecule has 0 spiro atoms. The van der Waals surface area contributed by atoms with Crippen molar-refractivity contribution in [3.63, 3.8) is 0 Å². The first-order valence-electron chi connectivity index (χ1n) is 14.0. The van der Waals surface area contributed by atoms with Crippen LogP contribution in [0.25, 0.3) is 22.2 Å². The smallest absolute Gasteiger partial charge is 0.255 e. The lowest BCUT2D eigenvalue weighted by Crippen LogP contribution is -2.28. The molecule has 3 N–H and O–H groups in total. The molecule has 8 nitrogen and oxygen atoms in total. The van der Waals surface area contributed by atoms with Crippen LogP contribution < -0.4 is 10.6 Å². The summed E-state index contributed by atoms with van der Waals surface area (Å²) in [5.41, 5.74) is 5.38. The molecule has 2 saturated heterocycles. The van der Waals surface area contributed by atoms with Gasteiger partial charge in [-0.1, -0.05) is 12.1 Å². The third kappa shape index (κ3) is 5.66. The van der Waals surface area contributed by atoms with Crippen LogP contribution in [-0.2, 0) is 13.1 Å². The lowest BCUT2D eigenvalue weighted by atomic mass is 9.95. The maximum Gasteiger partial charge on any atom is 0.255 e. The Kier molecular flexibility index (Phi) is 7.25. The zero-order valence-electron chi connectivity index (χ0n) is 22.1. The van der Waals surface area contributed by atoms with E-state index in [4.69, 9.17) is 4.98 Å². The highest BCUT2D eigenvalue weighted by atomic mass is 16.1. The van der Waals surface area contributed by atoms with Crippen molar-refractivity contribution in [1.82, 2.24) is 30.0 Å². The minimum absolute atomic E-state index is 0.126. The average Bonchev–Trinajstić information content (AvgIpc) is 3.68. The number of hydrogen-bond acceptors (Lipinski definition) is 5. The van der Waals surface area contributed by atoms with E-state index in [1.165, 1.54) is 32.1 Å². The molecule has 0 aliphatic carbocycles. The number of hydrogen-bond donors (Lipinski definition) is 3. The van der Waals surface area contributed by atoms with Gasteiger partial charge in [-0.25, -0.2) is 4.98 Å². The second-order valence-corrected chi connectivity index (χ2v) is 10.9. The number of imidazole rings is 1. The van der Waals surface area contributed by atoms with E-state index in [1.54, 1.807) is 0 Å². The number of piperidine rings is 1. The Labute approximate surface area is 223 Å². The largest absolute Gasteiger partial charge is 0.341 e. The van der Waals surface area contributed by atoms with Crippen LogP contribution in [0.1, 0.15) is 55.2 Å². The van der Waals surface area contributed by atoms with Crippen molar-refractivity contribution >= 4 is 22.6 Å². The Hall–Kier alpha value is -3.49. The monoisotopic (exact) mass is 511 g/mol. The number of nitrogens with zero attached hydrogens (tertiary/aromatic N) is 4. The first-order chi connectivity index (χ1) is 18.6. The number of likely N-dealkylation sites (tertiary alicyclic amines) is 1. The molecular weight excluding hydrogens is 474 g/mol. The molecule has 0 unspecified atom stereocenters. The van der Waals surface area contributed by atoms with Gasteiger partial charge in [-0.15, -0.1) is 0 Å². The Bertz CT molecular complexity index is 1380. The van der Waals surface area contributed by atoms with E-state index >= 15 is 0 Å². The molecule has 2 aromatic carbocycles. The fraction of sp³-hybridized carbons (Fsp3) is 0.433. The van der Waals surface area contributed by atoms with Crippen molar-refractivity contribution in [2.24, 2.45) is 5.92 Å². The highest BCUT2D eigenvalue weighted by Gasteiger charge is 2.21. The van der Waals surface area contributed by atoms with Crippen molar-refractivity contribution in [3.05, 3.63) is 66.2 Å². The number of anilines is 1. The summed E-state index contributed by atoms with van der Waals surface area (Å²) < 4.78 is 2.04. The molecule has 2 aliphatic heterocycles. The van der Waals surface area contributed by atoms with Crippen LogP contribution in [0.3, 0.4) is 0 Å². The molecule has 1 atom stereocenters. The molecule has 38 heavy (non-hydrogen) atoms. The third-order valence-electron chi connectivity index (χ3n) is 8.17. The normalized spacial score (nSPS) is 18.8. The van der Waals surface area contributed by atoms with Crippen LogP contribution in [0.15, 0.2) is 54.9 Å². The summed E-state index contributed by atoms with van der Waals surface area (Å²) in [5, 5.41) is 11.0. The lowest BCUT2D eigenvalue weighted by molar-refractivity contribution is 0.102. The molecule has 0 bridgehead atoms. The van der Waals surface area contributed by atoms with Gasteiger partial charge in [0.05, 0.1) is 23.8 Å². The van der Waals surface area contributed by atoms with Crippen molar-refractivity contribution in [2.75, 3.05) is 25.0 Å². The molecule has 4 aromatic rings. The van der Waals surface area contributed by atoms with Crippen molar-refractivity contribution in [3.8, 4) is 11.1 Å². The minimum Gasteiger partial charge on any atom is -0.341 e. The van der Waals surface area contributed by atoms with E-state index < -0.39 is 0 Å². The van der Waals surface area contributed by atoms with Crippen LogP contribution >= 0.6 is 0 Å². The Morgan fingerprint density at radius 1 is 1.08 bits per heavy atom. The minimum atomic E-state index is -0.126. The van der Waals surface area contributed by atoms with Crippen LogP contribution in [0, 0.1) is 5.92 Å². The number of benzene rings is 2. The number of carbonyl (C=O) groups is 1. The van der Waals surface area contributed by atoms with Crippen molar-refractivity contribution < 1.29 is 4.79 Å². The van der Waals surface area contributed by atoms with E-state index in [0.717, 1.165) is 72.3 Å². The highest BCUT2D eigenvalue weighted by molar-refractivity contribution is 6.05. The Balaban J connectivity index is 1.06. The maximum atomic E-state index is 12.9. The van der Waals surface area contributed by atoms with Crippen molar-refractivity contribution in [2.45, 2.75) is 58.2 Å². The van der Waals surface area contributed by atoms with E-state index in [1.807, 2.05) is 53.3 Å². The number of aromatic nitrogens is 4. The summed E-state index contributed by atoms with van der Waals surface area (Å²) in [7, 11) is 0.